The summed E-state index contributed by atoms with van der Waals surface area (Å²) in [4.78, 5) is 16.5. The van der Waals surface area contributed by atoms with Crippen molar-refractivity contribution in [2.45, 2.75) is 0 Å². The van der Waals surface area contributed by atoms with Crippen LogP contribution in [-0.4, -0.2) is 11.7 Å². The highest BCUT2D eigenvalue weighted by Gasteiger charge is 2.26. The van der Waals surface area contributed by atoms with Crippen molar-refractivity contribution in [2.24, 2.45) is 5.16 Å². The minimum absolute atomic E-state index is 0.414. The predicted octanol–water partition coefficient (Wildman–Crippen LogP) is 3.03. The maximum Gasteiger partial charge on any atom is 0.368 e. The highest BCUT2D eigenvalue weighted by Crippen LogP contribution is 2.20. The van der Waals surface area contributed by atoms with Crippen molar-refractivity contribution in [1.82, 2.24) is 0 Å². The third-order valence-corrected chi connectivity index (χ3v) is 2.85. The molecule has 1 heterocycles. The smallest absolute Gasteiger partial charge is 0.312 e. The van der Waals surface area contributed by atoms with Gasteiger partial charge in [-0.1, -0.05) is 65.8 Å². The van der Waals surface area contributed by atoms with Crippen molar-refractivity contribution in [3.05, 3.63) is 77.4 Å². The second kappa shape index (κ2) is 4.90. The van der Waals surface area contributed by atoms with Gasteiger partial charge < -0.3 is 4.84 Å². The minimum atomic E-state index is -0.414. The Hall–Kier alpha value is -2.68. The number of carbonyl (C=O) groups excluding carboxylic acids is 1. The molecule has 0 radical (unpaired) electrons. The van der Waals surface area contributed by atoms with Crippen molar-refractivity contribution in [3.63, 3.8) is 0 Å². The molecule has 0 saturated carbocycles. The fourth-order valence-corrected chi connectivity index (χ4v) is 1.93. The normalized spacial score (nSPS) is 16.3. The maximum absolute atomic E-state index is 11.8. The number of oxime groups is 1. The molecule has 0 amide bonds. The molecule has 0 saturated heterocycles. The quantitative estimate of drug-likeness (QED) is 0.606. The van der Waals surface area contributed by atoms with Crippen LogP contribution in [0, 0.1) is 0 Å². The average molecular weight is 249 g/mol. The van der Waals surface area contributed by atoms with Crippen molar-refractivity contribution < 1.29 is 9.63 Å². The van der Waals surface area contributed by atoms with Crippen LogP contribution in [0.25, 0.3) is 6.08 Å². The summed E-state index contributed by atoms with van der Waals surface area (Å²) >= 11 is 0. The van der Waals surface area contributed by atoms with Gasteiger partial charge in [-0.2, -0.15) is 0 Å². The van der Waals surface area contributed by atoms with Crippen LogP contribution in [0.3, 0.4) is 0 Å². The predicted molar refractivity (Wildman–Crippen MR) is 73.5 cm³/mol. The lowest BCUT2D eigenvalue weighted by Gasteiger charge is -2.00. The number of rotatable bonds is 2. The fraction of sp³-hybridized carbons (Fsp3) is 0. The number of benzene rings is 2. The second-order valence-corrected chi connectivity index (χ2v) is 4.15. The molecule has 0 aromatic heterocycles. The Morgan fingerprint density at radius 1 is 0.895 bits per heavy atom. The number of carbonyl (C=O) groups is 1. The van der Waals surface area contributed by atoms with E-state index in [2.05, 4.69) is 5.16 Å². The molecule has 3 heteroatoms. The molecule has 2 aromatic rings. The molecule has 0 spiro atoms. The van der Waals surface area contributed by atoms with Gasteiger partial charge in [0.05, 0.1) is 5.57 Å². The summed E-state index contributed by atoms with van der Waals surface area (Å²) in [5.41, 5.74) is 2.88. The zero-order valence-electron chi connectivity index (χ0n) is 10.1. The van der Waals surface area contributed by atoms with Gasteiger partial charge in [0, 0.05) is 5.56 Å². The van der Waals surface area contributed by atoms with E-state index in [1.165, 1.54) is 0 Å². The van der Waals surface area contributed by atoms with Gasteiger partial charge in [-0.3, -0.25) is 0 Å². The van der Waals surface area contributed by atoms with Gasteiger partial charge in [0.15, 0.2) is 0 Å². The molecule has 3 nitrogen and oxygen atoms in total. The Labute approximate surface area is 110 Å². The van der Waals surface area contributed by atoms with Crippen LogP contribution in [-0.2, 0) is 9.63 Å². The molecule has 1 aliphatic rings. The highest BCUT2D eigenvalue weighted by molar-refractivity contribution is 6.31. The molecule has 1 aliphatic heterocycles. The van der Waals surface area contributed by atoms with Gasteiger partial charge in [-0.15, -0.1) is 0 Å². The van der Waals surface area contributed by atoms with Crippen LogP contribution in [0.1, 0.15) is 11.1 Å². The third kappa shape index (κ3) is 2.31. The summed E-state index contributed by atoms with van der Waals surface area (Å²) in [6, 6.07) is 19.2. The number of nitrogens with zero attached hydrogens (tertiary/aromatic N) is 1. The minimum Gasteiger partial charge on any atom is -0.312 e. The van der Waals surface area contributed by atoms with Crippen LogP contribution in [0.5, 0.6) is 0 Å². The lowest BCUT2D eigenvalue weighted by molar-refractivity contribution is -0.136. The molecular weight excluding hydrogens is 238 g/mol. The van der Waals surface area contributed by atoms with Crippen LogP contribution >= 0.6 is 0 Å². The van der Waals surface area contributed by atoms with Crippen molar-refractivity contribution in [2.75, 3.05) is 0 Å². The molecule has 0 aliphatic carbocycles. The van der Waals surface area contributed by atoms with Gasteiger partial charge in [-0.05, 0) is 11.6 Å². The van der Waals surface area contributed by atoms with E-state index in [0.717, 1.165) is 11.1 Å². The molecule has 3 rings (SSSR count). The van der Waals surface area contributed by atoms with E-state index in [-0.39, 0.29) is 0 Å². The first kappa shape index (κ1) is 11.4. The first-order valence-corrected chi connectivity index (χ1v) is 5.96. The molecule has 19 heavy (non-hydrogen) atoms. The molecule has 0 bridgehead atoms. The van der Waals surface area contributed by atoms with Crippen LogP contribution in [0.2, 0.25) is 0 Å². The lowest BCUT2D eigenvalue weighted by Crippen LogP contribution is -2.06. The van der Waals surface area contributed by atoms with E-state index < -0.39 is 5.97 Å². The summed E-state index contributed by atoms with van der Waals surface area (Å²) in [5, 5.41) is 3.86. The molecule has 92 valence electrons. The van der Waals surface area contributed by atoms with Gasteiger partial charge in [0.1, 0.15) is 5.71 Å². The van der Waals surface area contributed by atoms with E-state index in [1.54, 1.807) is 6.08 Å². The Morgan fingerprint density at radius 2 is 1.53 bits per heavy atom. The summed E-state index contributed by atoms with van der Waals surface area (Å²) in [7, 11) is 0. The van der Waals surface area contributed by atoms with Crippen LogP contribution in [0.4, 0.5) is 0 Å². The van der Waals surface area contributed by atoms with E-state index in [1.807, 2.05) is 60.7 Å². The van der Waals surface area contributed by atoms with Gasteiger partial charge in [-0.25, -0.2) is 4.79 Å². The summed E-state index contributed by atoms with van der Waals surface area (Å²) in [5.74, 6) is -0.414. The van der Waals surface area contributed by atoms with Crippen molar-refractivity contribution >= 4 is 17.8 Å². The van der Waals surface area contributed by atoms with E-state index in [0.29, 0.717) is 11.3 Å². The molecule has 0 fully saturated rings. The maximum atomic E-state index is 11.8. The molecule has 0 atom stereocenters. The Bertz CT molecular complexity index is 658. The monoisotopic (exact) mass is 249 g/mol. The van der Waals surface area contributed by atoms with E-state index >= 15 is 0 Å². The zero-order chi connectivity index (χ0) is 13.1. The highest BCUT2D eigenvalue weighted by atomic mass is 16.7. The third-order valence-electron chi connectivity index (χ3n) is 2.85. The van der Waals surface area contributed by atoms with Gasteiger partial charge >= 0.3 is 5.97 Å². The van der Waals surface area contributed by atoms with Gasteiger partial charge in [0.25, 0.3) is 0 Å². The molecule has 0 N–H and O–H groups in total. The van der Waals surface area contributed by atoms with Crippen LogP contribution in [0.15, 0.2) is 71.4 Å². The Kier molecular flexibility index (Phi) is 2.94. The Morgan fingerprint density at radius 3 is 2.21 bits per heavy atom. The first-order valence-electron chi connectivity index (χ1n) is 5.96. The standard InChI is InChI=1S/C16H11NO2/c18-16-14(11-12-7-3-1-4-8-12)15(17-19-16)13-9-5-2-6-10-13/h1-11H/b14-11-. The van der Waals surface area contributed by atoms with Crippen LogP contribution < -0.4 is 0 Å². The van der Waals surface area contributed by atoms with Gasteiger partial charge in [0.2, 0.25) is 0 Å². The lowest BCUT2D eigenvalue weighted by atomic mass is 10.0. The summed E-state index contributed by atoms with van der Waals surface area (Å²) < 4.78 is 0. The van der Waals surface area contributed by atoms with Crippen molar-refractivity contribution in [3.8, 4) is 0 Å². The Balaban J connectivity index is 2.02. The largest absolute Gasteiger partial charge is 0.368 e. The fourth-order valence-electron chi connectivity index (χ4n) is 1.93. The SMILES string of the molecule is O=C1ON=C(c2ccccc2)/C1=C/c1ccccc1. The summed E-state index contributed by atoms with van der Waals surface area (Å²) in [6.07, 6.45) is 1.79. The topological polar surface area (TPSA) is 38.7 Å². The molecule has 0 unspecified atom stereocenters. The zero-order valence-corrected chi connectivity index (χ0v) is 10.1. The number of hydrogen-bond donors (Lipinski definition) is 0. The van der Waals surface area contributed by atoms with Crippen molar-refractivity contribution in [1.29, 1.82) is 0 Å². The van der Waals surface area contributed by atoms with E-state index in [4.69, 9.17) is 4.84 Å². The van der Waals surface area contributed by atoms with E-state index in [9.17, 15) is 4.79 Å². The second-order valence-electron chi connectivity index (χ2n) is 4.15. The summed E-state index contributed by atoms with van der Waals surface area (Å²) in [6.45, 7) is 0. The molecule has 2 aromatic carbocycles. The number of hydrogen-bond acceptors (Lipinski definition) is 3. The average Bonchev–Trinajstić information content (AvgIpc) is 2.82. The first-order chi connectivity index (χ1) is 9.34. The molecular formula is C16H11NO2.